The molecular weight excluding hydrogens is 438 g/mol. The third-order valence-electron chi connectivity index (χ3n) is 6.58. The second-order valence-corrected chi connectivity index (χ2v) is 10.5. The van der Waals surface area contributed by atoms with E-state index in [2.05, 4.69) is 10.0 Å². The SMILES string of the molecule is CCc1ccc(S(=O)(=O)Nc2ccc(C3(C(=O)NCCCN4CCCC4=O)CC3)cc2)cc1. The summed E-state index contributed by atoms with van der Waals surface area (Å²) in [5, 5.41) is 3.02. The number of nitrogens with zero attached hydrogens (tertiary/aromatic N) is 1. The average Bonchev–Trinajstić information content (AvgIpc) is 3.53. The molecule has 33 heavy (non-hydrogen) atoms. The van der Waals surface area contributed by atoms with E-state index in [0.29, 0.717) is 25.2 Å². The van der Waals surface area contributed by atoms with Gasteiger partial charge in [-0.1, -0.05) is 31.2 Å². The van der Waals surface area contributed by atoms with Crippen LogP contribution in [-0.2, 0) is 31.4 Å². The highest BCUT2D eigenvalue weighted by Crippen LogP contribution is 2.48. The fourth-order valence-electron chi connectivity index (χ4n) is 4.33. The van der Waals surface area contributed by atoms with Gasteiger partial charge in [-0.15, -0.1) is 0 Å². The minimum absolute atomic E-state index is 0.000377. The van der Waals surface area contributed by atoms with Crippen molar-refractivity contribution in [1.29, 1.82) is 0 Å². The van der Waals surface area contributed by atoms with Crippen molar-refractivity contribution in [3.8, 4) is 0 Å². The average molecular weight is 470 g/mol. The summed E-state index contributed by atoms with van der Waals surface area (Å²) in [4.78, 5) is 26.6. The molecule has 0 aromatic heterocycles. The number of amides is 2. The van der Waals surface area contributed by atoms with Crippen LogP contribution >= 0.6 is 0 Å². The smallest absolute Gasteiger partial charge is 0.261 e. The third kappa shape index (κ3) is 5.21. The minimum atomic E-state index is -3.67. The van der Waals surface area contributed by atoms with E-state index in [1.807, 2.05) is 36.1 Å². The first kappa shape index (κ1) is 23.3. The second-order valence-electron chi connectivity index (χ2n) is 8.86. The third-order valence-corrected chi connectivity index (χ3v) is 7.98. The van der Waals surface area contributed by atoms with E-state index < -0.39 is 15.4 Å². The van der Waals surface area contributed by atoms with E-state index in [1.54, 1.807) is 24.3 Å². The summed E-state index contributed by atoms with van der Waals surface area (Å²) in [6.07, 6.45) is 4.70. The number of hydrogen-bond donors (Lipinski definition) is 2. The topological polar surface area (TPSA) is 95.6 Å². The number of aryl methyl sites for hydroxylation is 1. The minimum Gasteiger partial charge on any atom is -0.355 e. The van der Waals surface area contributed by atoms with Gasteiger partial charge in [0.15, 0.2) is 0 Å². The summed E-state index contributed by atoms with van der Waals surface area (Å²) < 4.78 is 27.9. The summed E-state index contributed by atoms with van der Waals surface area (Å²) in [5.41, 5.74) is 1.90. The molecule has 1 saturated heterocycles. The van der Waals surface area contributed by atoms with Crippen LogP contribution in [0.15, 0.2) is 53.4 Å². The number of sulfonamides is 1. The maximum Gasteiger partial charge on any atom is 0.261 e. The van der Waals surface area contributed by atoms with E-state index in [-0.39, 0.29) is 16.7 Å². The predicted molar refractivity (Wildman–Crippen MR) is 127 cm³/mol. The van der Waals surface area contributed by atoms with E-state index in [0.717, 1.165) is 49.8 Å². The molecule has 1 saturated carbocycles. The van der Waals surface area contributed by atoms with Gasteiger partial charge in [0, 0.05) is 31.7 Å². The molecule has 1 heterocycles. The summed E-state index contributed by atoms with van der Waals surface area (Å²) in [5.74, 6) is 0.202. The van der Waals surface area contributed by atoms with E-state index in [4.69, 9.17) is 0 Å². The lowest BCUT2D eigenvalue weighted by Gasteiger charge is -2.18. The van der Waals surface area contributed by atoms with Crippen LogP contribution in [0.3, 0.4) is 0 Å². The van der Waals surface area contributed by atoms with Gasteiger partial charge in [-0.2, -0.15) is 0 Å². The maximum absolute atomic E-state index is 12.8. The highest BCUT2D eigenvalue weighted by atomic mass is 32.2. The zero-order chi connectivity index (χ0) is 23.5. The van der Waals surface area contributed by atoms with Crippen LogP contribution in [0.25, 0.3) is 0 Å². The first-order valence-electron chi connectivity index (χ1n) is 11.6. The zero-order valence-electron chi connectivity index (χ0n) is 19.0. The van der Waals surface area contributed by atoms with Crippen LogP contribution in [0.1, 0.15) is 50.2 Å². The fourth-order valence-corrected chi connectivity index (χ4v) is 5.39. The van der Waals surface area contributed by atoms with Crippen LogP contribution in [-0.4, -0.2) is 44.8 Å². The van der Waals surface area contributed by atoms with Crippen molar-refractivity contribution in [2.24, 2.45) is 0 Å². The number of carbonyl (C=O) groups is 2. The Morgan fingerprint density at radius 1 is 1.06 bits per heavy atom. The zero-order valence-corrected chi connectivity index (χ0v) is 19.8. The lowest BCUT2D eigenvalue weighted by molar-refractivity contribution is -0.127. The number of hydrogen-bond acceptors (Lipinski definition) is 4. The van der Waals surface area contributed by atoms with Gasteiger partial charge in [0.2, 0.25) is 11.8 Å². The Balaban J connectivity index is 1.33. The summed E-state index contributed by atoms with van der Waals surface area (Å²) in [7, 11) is -3.67. The number of rotatable bonds is 10. The van der Waals surface area contributed by atoms with Gasteiger partial charge < -0.3 is 10.2 Å². The van der Waals surface area contributed by atoms with Gasteiger partial charge in [0.05, 0.1) is 10.3 Å². The van der Waals surface area contributed by atoms with Crippen LogP contribution in [0.2, 0.25) is 0 Å². The molecule has 2 N–H and O–H groups in total. The Hall–Kier alpha value is -2.87. The van der Waals surface area contributed by atoms with Crippen molar-refractivity contribution in [2.45, 2.75) is 55.8 Å². The number of anilines is 1. The summed E-state index contributed by atoms with van der Waals surface area (Å²) in [6.45, 7) is 4.06. The van der Waals surface area contributed by atoms with Crippen molar-refractivity contribution in [3.05, 3.63) is 59.7 Å². The molecule has 2 fully saturated rings. The summed E-state index contributed by atoms with van der Waals surface area (Å²) in [6, 6.07) is 13.9. The predicted octanol–water partition coefficient (Wildman–Crippen LogP) is 3.21. The molecule has 2 aliphatic rings. The fraction of sp³-hybridized carbons (Fsp3) is 0.440. The maximum atomic E-state index is 12.8. The molecule has 7 nitrogen and oxygen atoms in total. The molecule has 2 aromatic carbocycles. The van der Waals surface area contributed by atoms with Gasteiger partial charge in [-0.05, 0) is 67.5 Å². The van der Waals surface area contributed by atoms with Crippen LogP contribution in [0.4, 0.5) is 5.69 Å². The number of benzene rings is 2. The Bertz CT molecular complexity index is 1110. The molecular formula is C25H31N3O4S. The van der Waals surface area contributed by atoms with E-state index >= 15 is 0 Å². The molecule has 0 atom stereocenters. The quantitative estimate of drug-likeness (QED) is 0.523. The Morgan fingerprint density at radius 3 is 2.33 bits per heavy atom. The molecule has 1 aliphatic heterocycles. The Labute approximate surface area is 195 Å². The molecule has 8 heteroatoms. The lowest BCUT2D eigenvalue weighted by Crippen LogP contribution is -2.36. The van der Waals surface area contributed by atoms with E-state index in [9.17, 15) is 18.0 Å². The first-order valence-corrected chi connectivity index (χ1v) is 13.1. The number of carbonyl (C=O) groups excluding carboxylic acids is 2. The number of likely N-dealkylation sites (tertiary alicyclic amines) is 1. The highest BCUT2D eigenvalue weighted by Gasteiger charge is 2.51. The normalized spacial score (nSPS) is 17.1. The Morgan fingerprint density at radius 2 is 1.76 bits per heavy atom. The molecule has 0 bridgehead atoms. The van der Waals surface area contributed by atoms with Crippen molar-refractivity contribution < 1.29 is 18.0 Å². The van der Waals surface area contributed by atoms with Gasteiger partial charge >= 0.3 is 0 Å². The number of nitrogens with one attached hydrogen (secondary N) is 2. The standard InChI is InChI=1S/C25H31N3O4S/c1-2-19-6-12-22(13-7-19)33(31,32)27-21-10-8-20(9-11-21)25(14-15-25)24(30)26-16-4-18-28-17-3-5-23(28)29/h6-13,27H,2-5,14-18H2,1H3,(H,26,30). The molecule has 0 radical (unpaired) electrons. The van der Waals surface area contributed by atoms with Gasteiger partial charge in [0.1, 0.15) is 0 Å². The molecule has 2 amide bonds. The summed E-state index contributed by atoms with van der Waals surface area (Å²) >= 11 is 0. The van der Waals surface area contributed by atoms with Gasteiger partial charge in [-0.3, -0.25) is 14.3 Å². The monoisotopic (exact) mass is 469 g/mol. The molecule has 2 aromatic rings. The van der Waals surface area contributed by atoms with Crippen LogP contribution in [0.5, 0.6) is 0 Å². The highest BCUT2D eigenvalue weighted by molar-refractivity contribution is 7.92. The van der Waals surface area contributed by atoms with Crippen molar-refractivity contribution in [3.63, 3.8) is 0 Å². The van der Waals surface area contributed by atoms with Crippen molar-refractivity contribution >= 4 is 27.5 Å². The van der Waals surface area contributed by atoms with Gasteiger partial charge in [-0.25, -0.2) is 8.42 Å². The molecule has 0 unspecified atom stereocenters. The lowest BCUT2D eigenvalue weighted by atomic mass is 9.95. The van der Waals surface area contributed by atoms with Crippen LogP contribution in [0, 0.1) is 0 Å². The van der Waals surface area contributed by atoms with E-state index in [1.165, 1.54) is 0 Å². The van der Waals surface area contributed by atoms with Crippen molar-refractivity contribution in [1.82, 2.24) is 10.2 Å². The van der Waals surface area contributed by atoms with Crippen molar-refractivity contribution in [2.75, 3.05) is 24.4 Å². The van der Waals surface area contributed by atoms with Gasteiger partial charge in [0.25, 0.3) is 10.0 Å². The van der Waals surface area contributed by atoms with Crippen LogP contribution < -0.4 is 10.0 Å². The second kappa shape index (κ2) is 9.55. The molecule has 176 valence electrons. The molecule has 0 spiro atoms. The Kier molecular flexibility index (Phi) is 6.74. The first-order chi connectivity index (χ1) is 15.8. The molecule has 4 rings (SSSR count). The largest absolute Gasteiger partial charge is 0.355 e. The molecule has 1 aliphatic carbocycles.